The molecule has 3 heteroatoms. The molecule has 3 aliphatic rings. The van der Waals surface area contributed by atoms with Crippen LogP contribution in [0, 0.1) is 23.1 Å². The Bertz CT molecular complexity index is 918. The molecular formula is C24H27FN2. The summed E-state index contributed by atoms with van der Waals surface area (Å²) in [4.78, 5) is 4.10. The van der Waals surface area contributed by atoms with Crippen molar-refractivity contribution in [3.63, 3.8) is 0 Å². The van der Waals surface area contributed by atoms with E-state index in [0.29, 0.717) is 11.8 Å². The molecule has 1 unspecified atom stereocenters. The van der Waals surface area contributed by atoms with Crippen LogP contribution in [0.25, 0.3) is 5.57 Å². The summed E-state index contributed by atoms with van der Waals surface area (Å²) in [6.07, 6.45) is 11.5. The van der Waals surface area contributed by atoms with Crippen LogP contribution >= 0.6 is 0 Å². The molecule has 1 N–H and O–H groups in total. The largest absolute Gasteiger partial charge is 0.388 e. The molecule has 0 spiro atoms. The molecule has 0 saturated heterocycles. The Hall–Kier alpha value is -2.16. The monoisotopic (exact) mass is 362 g/mol. The molecule has 1 aromatic heterocycles. The average molecular weight is 362 g/mol. The zero-order chi connectivity index (χ0) is 18.6. The number of nitrogens with one attached hydrogen (secondary N) is 1. The highest BCUT2D eigenvalue weighted by Gasteiger charge is 2.51. The summed E-state index contributed by atoms with van der Waals surface area (Å²) in [5, 5.41) is 3.28. The Morgan fingerprint density at radius 1 is 1.19 bits per heavy atom. The van der Waals surface area contributed by atoms with E-state index in [9.17, 15) is 4.39 Å². The standard InChI is InChI=1S/C24H27FN2/c1-24-10-9-20-19-6-4-18(26-2)12-15(19)3-5-21(20)23(24)8-7-22(24)16-11-17(25)14-27-13-16/h4,6-7,11-14,20-21,23,26H,3,5,8-10H2,1-2H3/t20?,21-,23+,24-/m1/s1. The van der Waals surface area contributed by atoms with Crippen molar-refractivity contribution in [3.05, 3.63) is 65.2 Å². The predicted octanol–water partition coefficient (Wildman–Crippen LogP) is 5.81. The van der Waals surface area contributed by atoms with Gasteiger partial charge in [0, 0.05) is 18.9 Å². The van der Waals surface area contributed by atoms with E-state index in [1.54, 1.807) is 11.6 Å². The lowest BCUT2D eigenvalue weighted by Crippen LogP contribution is -2.40. The molecule has 27 heavy (non-hydrogen) atoms. The Morgan fingerprint density at radius 3 is 2.89 bits per heavy atom. The molecule has 5 rings (SSSR count). The van der Waals surface area contributed by atoms with Gasteiger partial charge in [0.05, 0.1) is 6.20 Å². The van der Waals surface area contributed by atoms with E-state index in [1.807, 2.05) is 13.2 Å². The number of halogens is 1. The third-order valence-electron chi connectivity index (χ3n) is 7.61. The van der Waals surface area contributed by atoms with Crippen molar-refractivity contribution >= 4 is 11.3 Å². The van der Waals surface area contributed by atoms with Crippen LogP contribution in [0.3, 0.4) is 0 Å². The highest BCUT2D eigenvalue weighted by atomic mass is 19.1. The first kappa shape index (κ1) is 17.0. The minimum Gasteiger partial charge on any atom is -0.388 e. The lowest BCUT2D eigenvalue weighted by Gasteiger charge is -2.50. The number of anilines is 1. The van der Waals surface area contributed by atoms with Gasteiger partial charge >= 0.3 is 0 Å². The second kappa shape index (κ2) is 6.19. The molecular weight excluding hydrogens is 335 g/mol. The molecule has 3 aliphatic carbocycles. The third-order valence-corrected chi connectivity index (χ3v) is 7.61. The fourth-order valence-corrected chi connectivity index (χ4v) is 6.31. The van der Waals surface area contributed by atoms with E-state index >= 15 is 0 Å². The summed E-state index contributed by atoms with van der Waals surface area (Å²) in [6.45, 7) is 2.41. The first-order chi connectivity index (χ1) is 13.1. The molecule has 0 amide bonds. The van der Waals surface area contributed by atoms with E-state index in [1.165, 1.54) is 48.7 Å². The molecule has 0 radical (unpaired) electrons. The number of allylic oxidation sites excluding steroid dienone is 2. The molecule has 4 atom stereocenters. The molecule has 1 aromatic carbocycles. The first-order valence-corrected chi connectivity index (χ1v) is 10.2. The van der Waals surface area contributed by atoms with Crippen LogP contribution in [0.1, 0.15) is 55.2 Å². The topological polar surface area (TPSA) is 24.9 Å². The van der Waals surface area contributed by atoms with E-state index in [4.69, 9.17) is 0 Å². The molecule has 0 aliphatic heterocycles. The number of aromatic nitrogens is 1. The number of hydrogen-bond acceptors (Lipinski definition) is 2. The molecule has 1 saturated carbocycles. The van der Waals surface area contributed by atoms with Gasteiger partial charge in [-0.1, -0.05) is 19.1 Å². The van der Waals surface area contributed by atoms with Gasteiger partial charge in [-0.15, -0.1) is 0 Å². The number of hydrogen-bond donors (Lipinski definition) is 1. The maximum atomic E-state index is 13.8. The second-order valence-electron chi connectivity index (χ2n) is 8.78. The molecule has 140 valence electrons. The Labute approximate surface area is 160 Å². The van der Waals surface area contributed by atoms with Gasteiger partial charge in [0.15, 0.2) is 0 Å². The predicted molar refractivity (Wildman–Crippen MR) is 108 cm³/mol. The van der Waals surface area contributed by atoms with Crippen LogP contribution in [-0.4, -0.2) is 12.0 Å². The average Bonchev–Trinajstić information content (AvgIpc) is 3.04. The number of fused-ring (bicyclic) bond motifs is 5. The van der Waals surface area contributed by atoms with E-state index in [2.05, 4.69) is 41.5 Å². The van der Waals surface area contributed by atoms with Crippen LogP contribution in [0.4, 0.5) is 10.1 Å². The van der Waals surface area contributed by atoms with Gasteiger partial charge in [-0.2, -0.15) is 0 Å². The second-order valence-corrected chi connectivity index (χ2v) is 8.78. The maximum Gasteiger partial charge on any atom is 0.142 e. The zero-order valence-corrected chi connectivity index (χ0v) is 16.1. The third kappa shape index (κ3) is 2.55. The Kier molecular flexibility index (Phi) is 3.89. The van der Waals surface area contributed by atoms with Crippen molar-refractivity contribution in [2.24, 2.45) is 17.3 Å². The van der Waals surface area contributed by atoms with E-state index in [-0.39, 0.29) is 11.2 Å². The molecule has 2 nitrogen and oxygen atoms in total. The molecule has 2 aromatic rings. The Balaban J connectivity index is 1.47. The smallest absolute Gasteiger partial charge is 0.142 e. The van der Waals surface area contributed by atoms with Crippen LogP contribution in [-0.2, 0) is 6.42 Å². The lowest BCUT2D eigenvalue weighted by molar-refractivity contribution is 0.0886. The summed E-state index contributed by atoms with van der Waals surface area (Å²) in [5.41, 5.74) is 6.79. The summed E-state index contributed by atoms with van der Waals surface area (Å²) in [7, 11) is 1.99. The van der Waals surface area contributed by atoms with Crippen molar-refractivity contribution in [2.75, 3.05) is 12.4 Å². The molecule has 1 fully saturated rings. The minimum atomic E-state index is -0.235. The number of rotatable bonds is 2. The van der Waals surface area contributed by atoms with Gasteiger partial charge in [-0.3, -0.25) is 4.98 Å². The quantitative estimate of drug-likeness (QED) is 0.729. The zero-order valence-electron chi connectivity index (χ0n) is 16.1. The van der Waals surface area contributed by atoms with E-state index in [0.717, 1.165) is 17.9 Å². The van der Waals surface area contributed by atoms with Gasteiger partial charge in [0.2, 0.25) is 0 Å². The summed E-state index contributed by atoms with van der Waals surface area (Å²) in [5.74, 6) is 1.83. The van der Waals surface area contributed by atoms with Gasteiger partial charge in [-0.05, 0) is 95.7 Å². The Morgan fingerprint density at radius 2 is 2.07 bits per heavy atom. The van der Waals surface area contributed by atoms with Gasteiger partial charge in [0.25, 0.3) is 0 Å². The van der Waals surface area contributed by atoms with Crippen molar-refractivity contribution in [1.82, 2.24) is 4.98 Å². The van der Waals surface area contributed by atoms with Crippen molar-refractivity contribution in [2.45, 2.75) is 44.9 Å². The van der Waals surface area contributed by atoms with Crippen LogP contribution in [0.15, 0.2) is 42.7 Å². The van der Waals surface area contributed by atoms with Crippen LogP contribution < -0.4 is 5.32 Å². The number of nitrogens with zero attached hydrogens (tertiary/aromatic N) is 1. The molecule has 1 heterocycles. The van der Waals surface area contributed by atoms with Crippen molar-refractivity contribution in [3.8, 4) is 0 Å². The van der Waals surface area contributed by atoms with Crippen LogP contribution in [0.2, 0.25) is 0 Å². The first-order valence-electron chi connectivity index (χ1n) is 10.2. The number of aryl methyl sites for hydroxylation is 1. The van der Waals surface area contributed by atoms with Gasteiger partial charge < -0.3 is 5.32 Å². The maximum absolute atomic E-state index is 13.8. The molecule has 0 bridgehead atoms. The van der Waals surface area contributed by atoms with Crippen molar-refractivity contribution < 1.29 is 4.39 Å². The summed E-state index contributed by atoms with van der Waals surface area (Å²) < 4.78 is 13.8. The van der Waals surface area contributed by atoms with Crippen molar-refractivity contribution in [1.29, 1.82) is 0 Å². The highest BCUT2D eigenvalue weighted by Crippen LogP contribution is 2.63. The fraction of sp³-hybridized carbons (Fsp3) is 0.458. The lowest BCUT2D eigenvalue weighted by atomic mass is 9.54. The summed E-state index contributed by atoms with van der Waals surface area (Å²) in [6, 6.07) is 8.59. The SMILES string of the molecule is CNc1ccc2c(c1)CC[C@@H]1C2CC[C@]2(C)C(c3cncc(F)c3)=CC[C@@H]12. The van der Waals surface area contributed by atoms with Gasteiger partial charge in [-0.25, -0.2) is 4.39 Å². The minimum absolute atomic E-state index is 0.152. The summed E-state index contributed by atoms with van der Waals surface area (Å²) >= 11 is 0. The normalized spacial score (nSPS) is 31.5. The number of benzene rings is 1. The fourth-order valence-electron chi connectivity index (χ4n) is 6.31. The highest BCUT2D eigenvalue weighted by molar-refractivity contribution is 5.72. The van der Waals surface area contributed by atoms with Crippen LogP contribution in [0.5, 0.6) is 0 Å². The van der Waals surface area contributed by atoms with Gasteiger partial charge in [0.1, 0.15) is 5.82 Å². The van der Waals surface area contributed by atoms with E-state index < -0.39 is 0 Å². The number of pyridine rings is 1.